The average molecular weight is 313 g/mol. The van der Waals surface area contributed by atoms with Gasteiger partial charge in [-0.15, -0.1) is 0 Å². The van der Waals surface area contributed by atoms with Crippen LogP contribution in [0.3, 0.4) is 0 Å². The Morgan fingerprint density at radius 1 is 1.17 bits per heavy atom. The molecule has 23 heavy (non-hydrogen) atoms. The van der Waals surface area contributed by atoms with Crippen molar-refractivity contribution in [1.82, 2.24) is 15.1 Å². The minimum Gasteiger partial charge on any atom is -0.349 e. The number of nitrogens with one attached hydrogen (secondary N) is 1. The molecule has 2 rings (SSSR count). The van der Waals surface area contributed by atoms with Gasteiger partial charge >= 0.3 is 0 Å². The largest absolute Gasteiger partial charge is 0.349 e. The summed E-state index contributed by atoms with van der Waals surface area (Å²) in [6, 6.07) is 8.41. The third kappa shape index (κ3) is 3.81. The maximum absolute atomic E-state index is 12.6. The first-order chi connectivity index (χ1) is 11.0. The summed E-state index contributed by atoms with van der Waals surface area (Å²) in [5, 5.41) is 7.58. The Bertz CT molecular complexity index is 652. The fourth-order valence-electron chi connectivity index (χ4n) is 2.74. The smallest absolute Gasteiger partial charge is 0.255 e. The van der Waals surface area contributed by atoms with Gasteiger partial charge in [0.2, 0.25) is 0 Å². The number of benzene rings is 1. The van der Waals surface area contributed by atoms with E-state index in [-0.39, 0.29) is 17.9 Å². The van der Waals surface area contributed by atoms with Crippen LogP contribution in [-0.4, -0.2) is 21.7 Å². The summed E-state index contributed by atoms with van der Waals surface area (Å²) in [6.45, 7) is 10.4. The molecular weight excluding hydrogens is 286 g/mol. The highest BCUT2D eigenvalue weighted by Gasteiger charge is 2.22. The Labute approximate surface area is 138 Å². The van der Waals surface area contributed by atoms with E-state index in [1.165, 1.54) is 5.56 Å². The minimum absolute atomic E-state index is 0.0271. The summed E-state index contributed by atoms with van der Waals surface area (Å²) in [6.07, 6.45) is 3.56. The second-order valence-electron chi connectivity index (χ2n) is 6.33. The molecule has 0 unspecified atom stereocenters. The lowest BCUT2D eigenvalue weighted by molar-refractivity contribution is 0.0933. The van der Waals surface area contributed by atoms with E-state index in [1.807, 2.05) is 16.8 Å². The van der Waals surface area contributed by atoms with Crippen LogP contribution in [0.4, 0.5) is 0 Å². The Balaban J connectivity index is 2.38. The summed E-state index contributed by atoms with van der Waals surface area (Å²) >= 11 is 0. The second kappa shape index (κ2) is 7.44. The van der Waals surface area contributed by atoms with Crippen LogP contribution in [0.15, 0.2) is 30.5 Å². The van der Waals surface area contributed by atoms with Crippen molar-refractivity contribution in [3.63, 3.8) is 0 Å². The Morgan fingerprint density at radius 3 is 2.30 bits per heavy atom. The van der Waals surface area contributed by atoms with Crippen molar-refractivity contribution in [1.29, 1.82) is 0 Å². The first-order valence-electron chi connectivity index (χ1n) is 8.43. The van der Waals surface area contributed by atoms with Crippen LogP contribution in [0.25, 0.3) is 5.69 Å². The van der Waals surface area contributed by atoms with Crippen molar-refractivity contribution in [2.75, 3.05) is 0 Å². The van der Waals surface area contributed by atoms with E-state index in [4.69, 9.17) is 0 Å². The molecule has 0 aliphatic heterocycles. The molecule has 2 aromatic rings. The predicted molar refractivity (Wildman–Crippen MR) is 94.2 cm³/mol. The van der Waals surface area contributed by atoms with Gasteiger partial charge in [-0.25, -0.2) is 4.68 Å². The van der Waals surface area contributed by atoms with Gasteiger partial charge in [0.1, 0.15) is 0 Å². The maximum atomic E-state index is 12.6. The van der Waals surface area contributed by atoms with E-state index in [0.29, 0.717) is 5.56 Å². The van der Waals surface area contributed by atoms with Crippen LogP contribution >= 0.6 is 0 Å². The lowest BCUT2D eigenvalue weighted by atomic mass is 10.0. The zero-order valence-electron chi connectivity index (χ0n) is 14.8. The summed E-state index contributed by atoms with van der Waals surface area (Å²) < 4.78 is 1.88. The molecule has 0 spiro atoms. The van der Waals surface area contributed by atoms with E-state index in [2.05, 4.69) is 57.2 Å². The van der Waals surface area contributed by atoms with Crippen LogP contribution in [-0.2, 0) is 0 Å². The first-order valence-corrected chi connectivity index (χ1v) is 8.43. The maximum Gasteiger partial charge on any atom is 0.255 e. The first kappa shape index (κ1) is 17.3. The van der Waals surface area contributed by atoms with E-state index in [0.717, 1.165) is 24.2 Å². The molecule has 0 atom stereocenters. The van der Waals surface area contributed by atoms with Crippen LogP contribution in [0, 0.1) is 6.92 Å². The van der Waals surface area contributed by atoms with Gasteiger partial charge in [-0.3, -0.25) is 4.79 Å². The van der Waals surface area contributed by atoms with Crippen molar-refractivity contribution in [2.45, 2.75) is 59.4 Å². The highest BCUT2D eigenvalue weighted by atomic mass is 16.1. The molecule has 0 aliphatic carbocycles. The number of nitrogens with zero attached hydrogens (tertiary/aromatic N) is 2. The predicted octanol–water partition coefficient (Wildman–Crippen LogP) is 4.22. The van der Waals surface area contributed by atoms with Crippen molar-refractivity contribution >= 4 is 5.91 Å². The molecule has 4 heteroatoms. The summed E-state index contributed by atoms with van der Waals surface area (Å²) in [7, 11) is 0. The summed E-state index contributed by atoms with van der Waals surface area (Å²) in [5.74, 6) is 0.182. The zero-order chi connectivity index (χ0) is 17.0. The Kier molecular flexibility index (Phi) is 5.59. The number of hydrogen-bond donors (Lipinski definition) is 1. The third-order valence-electron chi connectivity index (χ3n) is 4.20. The van der Waals surface area contributed by atoms with Crippen molar-refractivity contribution < 1.29 is 4.79 Å². The molecule has 1 amide bonds. The molecule has 0 saturated heterocycles. The normalized spacial score (nSPS) is 11.3. The van der Waals surface area contributed by atoms with Crippen LogP contribution in [0.5, 0.6) is 0 Å². The fraction of sp³-hybridized carbons (Fsp3) is 0.474. The van der Waals surface area contributed by atoms with E-state index < -0.39 is 0 Å². The molecular formula is C19H27N3O. The highest BCUT2D eigenvalue weighted by molar-refractivity contribution is 5.95. The van der Waals surface area contributed by atoms with Gasteiger partial charge in [0.05, 0.1) is 23.1 Å². The minimum atomic E-state index is -0.0271. The molecule has 0 saturated carbocycles. The molecule has 1 heterocycles. The Hall–Kier alpha value is -2.10. The topological polar surface area (TPSA) is 46.9 Å². The van der Waals surface area contributed by atoms with Crippen LogP contribution in [0.2, 0.25) is 0 Å². The zero-order valence-corrected chi connectivity index (χ0v) is 14.8. The average Bonchev–Trinajstić information content (AvgIpc) is 2.98. The van der Waals surface area contributed by atoms with Gasteiger partial charge in [-0.05, 0) is 37.8 Å². The molecule has 0 radical (unpaired) electrons. The standard InChI is InChI=1S/C19H27N3O/c1-6-15(7-2)21-19(23)17-12-20-22(18(17)13(3)4)16-10-8-14(5)9-11-16/h8-13,15H,6-7H2,1-5H3,(H,21,23). The van der Waals surface area contributed by atoms with Gasteiger partial charge in [0, 0.05) is 6.04 Å². The van der Waals surface area contributed by atoms with Crippen molar-refractivity contribution in [3.8, 4) is 5.69 Å². The lowest BCUT2D eigenvalue weighted by Gasteiger charge is -2.16. The summed E-state index contributed by atoms with van der Waals surface area (Å²) in [5.41, 5.74) is 3.82. The quantitative estimate of drug-likeness (QED) is 0.868. The number of aromatic nitrogens is 2. The third-order valence-corrected chi connectivity index (χ3v) is 4.20. The fourth-order valence-corrected chi connectivity index (χ4v) is 2.74. The number of amides is 1. The van der Waals surface area contributed by atoms with E-state index in [9.17, 15) is 4.79 Å². The molecule has 4 nitrogen and oxygen atoms in total. The molecule has 0 aliphatic rings. The highest BCUT2D eigenvalue weighted by Crippen LogP contribution is 2.23. The molecule has 0 bridgehead atoms. The van der Waals surface area contributed by atoms with E-state index >= 15 is 0 Å². The molecule has 1 N–H and O–H groups in total. The molecule has 1 aromatic heterocycles. The van der Waals surface area contributed by atoms with E-state index in [1.54, 1.807) is 6.20 Å². The number of hydrogen-bond acceptors (Lipinski definition) is 2. The number of aryl methyl sites for hydroxylation is 1. The SMILES string of the molecule is CCC(CC)NC(=O)c1cnn(-c2ccc(C)cc2)c1C(C)C. The lowest BCUT2D eigenvalue weighted by Crippen LogP contribution is -2.34. The monoisotopic (exact) mass is 313 g/mol. The van der Waals surface area contributed by atoms with Crippen LogP contribution in [0.1, 0.15) is 68.1 Å². The number of rotatable bonds is 6. The van der Waals surface area contributed by atoms with Gasteiger partial charge in [-0.2, -0.15) is 5.10 Å². The number of carbonyl (C=O) groups excluding carboxylic acids is 1. The van der Waals surface area contributed by atoms with Gasteiger partial charge in [-0.1, -0.05) is 45.4 Å². The van der Waals surface area contributed by atoms with Gasteiger partial charge in [0.15, 0.2) is 0 Å². The van der Waals surface area contributed by atoms with Gasteiger partial charge < -0.3 is 5.32 Å². The van der Waals surface area contributed by atoms with Crippen molar-refractivity contribution in [3.05, 3.63) is 47.3 Å². The van der Waals surface area contributed by atoms with Crippen molar-refractivity contribution in [2.24, 2.45) is 0 Å². The van der Waals surface area contributed by atoms with Gasteiger partial charge in [0.25, 0.3) is 5.91 Å². The van der Waals surface area contributed by atoms with Crippen LogP contribution < -0.4 is 5.32 Å². The molecule has 124 valence electrons. The second-order valence-corrected chi connectivity index (χ2v) is 6.33. The molecule has 0 fully saturated rings. The summed E-state index contributed by atoms with van der Waals surface area (Å²) in [4.78, 5) is 12.6. The Morgan fingerprint density at radius 2 is 1.78 bits per heavy atom. The number of carbonyl (C=O) groups is 1. The molecule has 1 aromatic carbocycles.